The van der Waals surface area contributed by atoms with Crippen LogP contribution in [0.4, 0.5) is 11.4 Å². The Morgan fingerprint density at radius 2 is 2.18 bits per heavy atom. The highest BCUT2D eigenvalue weighted by atomic mass is 32.1. The van der Waals surface area contributed by atoms with Crippen LogP contribution in [0, 0.1) is 16.0 Å². The summed E-state index contributed by atoms with van der Waals surface area (Å²) in [6.07, 6.45) is 2.84. The van der Waals surface area contributed by atoms with Gasteiger partial charge in [-0.3, -0.25) is 14.9 Å². The third kappa shape index (κ3) is 4.30. The van der Waals surface area contributed by atoms with E-state index in [-0.39, 0.29) is 17.1 Å². The number of rotatable bonds is 6. The molecule has 1 heterocycles. The molecule has 1 aliphatic carbocycles. The lowest BCUT2D eigenvalue weighted by Gasteiger charge is -2.18. The second-order valence-corrected chi connectivity index (χ2v) is 7.63. The molecule has 1 N–H and O–H groups in total. The van der Waals surface area contributed by atoms with Crippen molar-refractivity contribution in [3.63, 3.8) is 0 Å². The number of ether oxygens (including phenoxy) is 2. The SMILES string of the molecule is COc1cc([N+](=O)[O-])ccc1NC(=O)COC(=O)c1csc2c1CCC(C)C2. The van der Waals surface area contributed by atoms with Crippen LogP contribution in [0.1, 0.15) is 34.1 Å². The fourth-order valence-corrected chi connectivity index (χ4v) is 4.37. The minimum atomic E-state index is -0.557. The average molecular weight is 404 g/mol. The number of nitrogens with one attached hydrogen (secondary N) is 1. The average Bonchev–Trinajstić information content (AvgIpc) is 3.09. The number of benzene rings is 1. The number of anilines is 1. The number of nitrogens with zero attached hydrogens (tertiary/aromatic N) is 1. The van der Waals surface area contributed by atoms with E-state index in [9.17, 15) is 19.7 Å². The van der Waals surface area contributed by atoms with Crippen molar-refractivity contribution in [1.29, 1.82) is 0 Å². The number of hydrogen-bond acceptors (Lipinski definition) is 7. The van der Waals surface area contributed by atoms with Gasteiger partial charge in [-0.25, -0.2) is 4.79 Å². The number of carbonyl (C=O) groups is 2. The maximum absolute atomic E-state index is 12.4. The van der Waals surface area contributed by atoms with Crippen molar-refractivity contribution in [3.8, 4) is 5.75 Å². The van der Waals surface area contributed by atoms with Crippen LogP contribution in [-0.2, 0) is 22.4 Å². The third-order valence-corrected chi connectivity index (χ3v) is 5.68. The molecule has 28 heavy (non-hydrogen) atoms. The molecule has 1 aliphatic rings. The van der Waals surface area contributed by atoms with Gasteiger partial charge in [0.2, 0.25) is 0 Å². The highest BCUT2D eigenvalue weighted by molar-refractivity contribution is 7.10. The second-order valence-electron chi connectivity index (χ2n) is 6.67. The zero-order valence-corrected chi connectivity index (χ0v) is 16.3. The van der Waals surface area contributed by atoms with Crippen molar-refractivity contribution >= 4 is 34.6 Å². The van der Waals surface area contributed by atoms with Gasteiger partial charge in [0.15, 0.2) is 6.61 Å². The summed E-state index contributed by atoms with van der Waals surface area (Å²) in [4.78, 5) is 36.0. The first-order valence-corrected chi connectivity index (χ1v) is 9.65. The summed E-state index contributed by atoms with van der Waals surface area (Å²) < 4.78 is 10.2. The molecule has 0 radical (unpaired) electrons. The van der Waals surface area contributed by atoms with Crippen molar-refractivity contribution in [3.05, 3.63) is 49.7 Å². The minimum absolute atomic E-state index is 0.148. The van der Waals surface area contributed by atoms with Gasteiger partial charge in [0, 0.05) is 16.3 Å². The highest BCUT2D eigenvalue weighted by Crippen LogP contribution is 2.33. The standard InChI is InChI=1S/C19H20N2O6S/c1-11-3-5-13-14(10-28-17(13)7-11)19(23)27-9-18(22)20-15-6-4-12(21(24)25)8-16(15)26-2/h4,6,8,10-11H,3,5,7,9H2,1-2H3,(H,20,22). The van der Waals surface area contributed by atoms with E-state index >= 15 is 0 Å². The normalized spacial score (nSPS) is 15.4. The maximum Gasteiger partial charge on any atom is 0.339 e. The van der Waals surface area contributed by atoms with Gasteiger partial charge in [-0.1, -0.05) is 6.92 Å². The molecular formula is C19H20N2O6S. The minimum Gasteiger partial charge on any atom is -0.494 e. The lowest BCUT2D eigenvalue weighted by molar-refractivity contribution is -0.384. The number of carbonyl (C=O) groups excluding carboxylic acids is 2. The molecule has 0 bridgehead atoms. The van der Waals surface area contributed by atoms with E-state index in [0.717, 1.165) is 24.8 Å². The van der Waals surface area contributed by atoms with Crippen LogP contribution < -0.4 is 10.1 Å². The number of nitro groups is 1. The molecule has 0 spiro atoms. The van der Waals surface area contributed by atoms with Gasteiger partial charge in [-0.05, 0) is 36.8 Å². The van der Waals surface area contributed by atoms with E-state index in [1.807, 2.05) is 0 Å². The second kappa shape index (κ2) is 8.39. The van der Waals surface area contributed by atoms with Gasteiger partial charge < -0.3 is 14.8 Å². The van der Waals surface area contributed by atoms with Crippen LogP contribution in [0.5, 0.6) is 5.75 Å². The van der Waals surface area contributed by atoms with Gasteiger partial charge in [0.25, 0.3) is 11.6 Å². The van der Waals surface area contributed by atoms with E-state index in [1.54, 1.807) is 16.7 Å². The van der Waals surface area contributed by atoms with Crippen LogP contribution in [0.25, 0.3) is 0 Å². The van der Waals surface area contributed by atoms with Crippen LogP contribution in [0.15, 0.2) is 23.6 Å². The quantitative estimate of drug-likeness (QED) is 0.448. The fourth-order valence-electron chi connectivity index (χ4n) is 3.14. The van der Waals surface area contributed by atoms with Gasteiger partial charge in [0.05, 0.1) is 29.4 Å². The van der Waals surface area contributed by atoms with E-state index in [0.29, 0.717) is 11.5 Å². The summed E-state index contributed by atoms with van der Waals surface area (Å²) in [7, 11) is 1.34. The number of fused-ring (bicyclic) bond motifs is 1. The first kappa shape index (κ1) is 19.8. The number of amides is 1. The number of esters is 1. The van der Waals surface area contributed by atoms with Gasteiger partial charge in [-0.15, -0.1) is 11.3 Å². The Morgan fingerprint density at radius 1 is 1.39 bits per heavy atom. The van der Waals surface area contributed by atoms with E-state index in [1.165, 1.54) is 30.2 Å². The summed E-state index contributed by atoms with van der Waals surface area (Å²) >= 11 is 1.56. The molecule has 1 aromatic heterocycles. The van der Waals surface area contributed by atoms with Crippen LogP contribution in [0.3, 0.4) is 0 Å². The predicted molar refractivity (Wildman–Crippen MR) is 104 cm³/mol. The number of hydrogen-bond donors (Lipinski definition) is 1. The predicted octanol–water partition coefficient (Wildman–Crippen LogP) is 3.59. The first-order chi connectivity index (χ1) is 13.4. The number of non-ortho nitro benzene ring substituents is 1. The van der Waals surface area contributed by atoms with E-state index < -0.39 is 23.4 Å². The van der Waals surface area contributed by atoms with Crippen LogP contribution >= 0.6 is 11.3 Å². The molecule has 0 saturated carbocycles. The Bertz CT molecular complexity index is 923. The molecule has 0 fully saturated rings. The zero-order valence-electron chi connectivity index (χ0n) is 15.5. The lowest BCUT2D eigenvalue weighted by Crippen LogP contribution is -2.22. The number of thiophene rings is 1. The van der Waals surface area contributed by atoms with Crippen molar-refractivity contribution in [2.24, 2.45) is 5.92 Å². The summed E-state index contributed by atoms with van der Waals surface area (Å²) in [6, 6.07) is 3.83. The molecule has 1 unspecified atom stereocenters. The summed E-state index contributed by atoms with van der Waals surface area (Å²) in [5.41, 5.74) is 1.67. The largest absolute Gasteiger partial charge is 0.494 e. The Labute approximate surface area is 165 Å². The molecule has 8 nitrogen and oxygen atoms in total. The Balaban J connectivity index is 1.60. The van der Waals surface area contributed by atoms with E-state index in [2.05, 4.69) is 12.2 Å². The molecule has 1 aromatic carbocycles. The first-order valence-electron chi connectivity index (χ1n) is 8.77. The molecule has 9 heteroatoms. The van der Waals surface area contributed by atoms with Crippen molar-refractivity contribution in [2.45, 2.75) is 26.2 Å². The molecule has 0 aliphatic heterocycles. The van der Waals surface area contributed by atoms with Gasteiger partial charge in [-0.2, -0.15) is 0 Å². The molecule has 3 rings (SSSR count). The summed E-state index contributed by atoms with van der Waals surface area (Å²) in [5.74, 6) is -0.316. The molecule has 2 aromatic rings. The molecular weight excluding hydrogens is 384 g/mol. The molecule has 0 saturated heterocycles. The highest BCUT2D eigenvalue weighted by Gasteiger charge is 2.24. The molecule has 148 valence electrons. The Morgan fingerprint density at radius 3 is 2.89 bits per heavy atom. The smallest absolute Gasteiger partial charge is 0.339 e. The monoisotopic (exact) mass is 404 g/mol. The van der Waals surface area contributed by atoms with Gasteiger partial charge >= 0.3 is 5.97 Å². The van der Waals surface area contributed by atoms with Crippen LogP contribution in [-0.4, -0.2) is 30.5 Å². The van der Waals surface area contributed by atoms with Gasteiger partial charge in [0.1, 0.15) is 5.75 Å². The summed E-state index contributed by atoms with van der Waals surface area (Å²) in [5, 5.41) is 15.1. The fraction of sp³-hybridized carbons (Fsp3) is 0.368. The Hall–Kier alpha value is -2.94. The number of methoxy groups -OCH3 is 1. The van der Waals surface area contributed by atoms with Crippen molar-refractivity contribution < 1.29 is 24.0 Å². The van der Waals surface area contributed by atoms with Crippen LogP contribution in [0.2, 0.25) is 0 Å². The summed E-state index contributed by atoms with van der Waals surface area (Å²) in [6.45, 7) is 1.73. The lowest BCUT2D eigenvalue weighted by atomic mass is 9.88. The molecule has 1 amide bonds. The van der Waals surface area contributed by atoms with Crippen molar-refractivity contribution in [2.75, 3.05) is 19.0 Å². The van der Waals surface area contributed by atoms with Crippen molar-refractivity contribution in [1.82, 2.24) is 0 Å². The Kier molecular flexibility index (Phi) is 5.93. The maximum atomic E-state index is 12.4. The zero-order chi connectivity index (χ0) is 20.3. The topological polar surface area (TPSA) is 108 Å². The molecule has 1 atom stereocenters. The third-order valence-electron chi connectivity index (χ3n) is 4.63. The number of nitro benzene ring substituents is 1. The van der Waals surface area contributed by atoms with E-state index in [4.69, 9.17) is 9.47 Å².